The average Bonchev–Trinajstić information content (AvgIpc) is 3.37. The quantitative estimate of drug-likeness (QED) is 0.143. The molecule has 0 atom stereocenters. The van der Waals surface area contributed by atoms with Gasteiger partial charge in [-0.2, -0.15) is 0 Å². The number of benzene rings is 2. The summed E-state index contributed by atoms with van der Waals surface area (Å²) in [5.74, 6) is 1.68. The zero-order valence-corrected chi connectivity index (χ0v) is 25.8. The van der Waals surface area contributed by atoms with E-state index in [9.17, 15) is 0 Å². The first-order valence-electron chi connectivity index (χ1n) is 12.9. The van der Waals surface area contributed by atoms with Crippen LogP contribution >= 0.6 is 31.9 Å². The summed E-state index contributed by atoms with van der Waals surface area (Å²) in [4.78, 5) is 4.83. The van der Waals surface area contributed by atoms with E-state index in [-0.39, 0.29) is 0 Å². The second-order valence-electron chi connectivity index (χ2n) is 9.05. The van der Waals surface area contributed by atoms with Crippen molar-refractivity contribution in [1.82, 2.24) is 20.3 Å². The molecule has 0 fully saturated rings. The highest BCUT2D eigenvalue weighted by atomic mass is 79.9. The Balaban J connectivity index is 1.47. The molecule has 0 spiro atoms. The van der Waals surface area contributed by atoms with E-state index in [1.807, 2.05) is 23.0 Å². The Kier molecular flexibility index (Phi) is 12.3. The molecule has 204 valence electrons. The molecular formula is C29H37Br2N5O2. The Morgan fingerprint density at radius 2 is 1.66 bits per heavy atom. The topological polar surface area (TPSA) is 73.6 Å². The number of ether oxygens (including phenoxy) is 2. The minimum atomic E-state index is 0.783. The van der Waals surface area contributed by atoms with Crippen molar-refractivity contribution in [2.24, 2.45) is 4.99 Å². The Morgan fingerprint density at radius 3 is 2.26 bits per heavy atom. The van der Waals surface area contributed by atoms with Crippen molar-refractivity contribution in [2.45, 2.75) is 58.9 Å². The number of aryl methyl sites for hydroxylation is 3. The van der Waals surface area contributed by atoms with Crippen molar-refractivity contribution < 1.29 is 9.47 Å². The molecule has 1 aromatic heterocycles. The van der Waals surface area contributed by atoms with Gasteiger partial charge in [0.2, 0.25) is 0 Å². The molecule has 0 radical (unpaired) electrons. The third-order valence-corrected chi connectivity index (χ3v) is 7.43. The number of hydrogen-bond acceptors (Lipinski definition) is 6. The van der Waals surface area contributed by atoms with Crippen LogP contribution in [-0.2, 0) is 25.8 Å². The zero-order valence-electron chi connectivity index (χ0n) is 22.6. The lowest BCUT2D eigenvalue weighted by Crippen LogP contribution is -2.11. The van der Waals surface area contributed by atoms with Crippen LogP contribution in [0.1, 0.15) is 49.9 Å². The van der Waals surface area contributed by atoms with Crippen LogP contribution in [0.2, 0.25) is 0 Å². The van der Waals surface area contributed by atoms with Crippen LogP contribution in [0, 0.1) is 0 Å². The lowest BCUT2D eigenvalue weighted by Gasteiger charge is -2.08. The van der Waals surface area contributed by atoms with Crippen molar-refractivity contribution in [3.8, 4) is 11.5 Å². The molecule has 0 aliphatic rings. The fourth-order valence-electron chi connectivity index (χ4n) is 3.88. The third-order valence-electron chi connectivity index (χ3n) is 6.19. The molecule has 0 saturated carbocycles. The number of aromatic nitrogens is 3. The van der Waals surface area contributed by atoms with E-state index in [0.717, 1.165) is 89.2 Å². The number of nitrogens with one attached hydrogen (secondary N) is 1. The first-order chi connectivity index (χ1) is 18.4. The van der Waals surface area contributed by atoms with E-state index in [2.05, 4.69) is 91.8 Å². The lowest BCUT2D eigenvalue weighted by molar-refractivity contribution is 0.412. The van der Waals surface area contributed by atoms with Gasteiger partial charge in [0.15, 0.2) is 0 Å². The fourth-order valence-corrected chi connectivity index (χ4v) is 5.05. The summed E-state index contributed by atoms with van der Waals surface area (Å²) in [6.07, 6.45) is 9.55. The molecule has 0 aliphatic heterocycles. The summed E-state index contributed by atoms with van der Waals surface area (Å²) in [6.45, 7) is 5.83. The van der Waals surface area contributed by atoms with Gasteiger partial charge in [-0.25, -0.2) is 0 Å². The van der Waals surface area contributed by atoms with Gasteiger partial charge in [-0.3, -0.25) is 9.67 Å². The monoisotopic (exact) mass is 645 g/mol. The van der Waals surface area contributed by atoms with Crippen LogP contribution in [-0.4, -0.2) is 41.5 Å². The molecule has 1 N–H and O–H groups in total. The van der Waals surface area contributed by atoms with E-state index >= 15 is 0 Å². The van der Waals surface area contributed by atoms with E-state index in [0.29, 0.717) is 0 Å². The Hall–Kier alpha value is -2.65. The van der Waals surface area contributed by atoms with Crippen molar-refractivity contribution in [3.05, 3.63) is 80.3 Å². The Bertz CT molecular complexity index is 1240. The van der Waals surface area contributed by atoms with E-state index in [1.54, 1.807) is 14.2 Å². The second-order valence-corrected chi connectivity index (χ2v) is 10.8. The van der Waals surface area contributed by atoms with Gasteiger partial charge in [-0.05, 0) is 113 Å². The van der Waals surface area contributed by atoms with Crippen LogP contribution in [0.4, 0.5) is 0 Å². The van der Waals surface area contributed by atoms with Crippen LogP contribution < -0.4 is 14.8 Å². The molecular weight excluding hydrogens is 610 g/mol. The highest BCUT2D eigenvalue weighted by Crippen LogP contribution is 2.26. The Morgan fingerprint density at radius 1 is 1.00 bits per heavy atom. The largest absolute Gasteiger partial charge is 0.496 e. The maximum Gasteiger partial charge on any atom is 0.133 e. The van der Waals surface area contributed by atoms with Crippen molar-refractivity contribution in [3.63, 3.8) is 0 Å². The summed E-state index contributed by atoms with van der Waals surface area (Å²) in [7, 11) is 3.35. The van der Waals surface area contributed by atoms with E-state index in [1.165, 1.54) is 11.1 Å². The third kappa shape index (κ3) is 9.58. The number of nitrogens with zero attached hydrogens (tertiary/aromatic N) is 4. The molecule has 3 aromatic rings. The summed E-state index contributed by atoms with van der Waals surface area (Å²) < 4.78 is 14.5. The maximum atomic E-state index is 5.31. The second kappa shape index (κ2) is 15.7. The molecule has 9 heteroatoms. The predicted molar refractivity (Wildman–Crippen MR) is 161 cm³/mol. The van der Waals surface area contributed by atoms with Gasteiger partial charge in [0, 0.05) is 31.2 Å². The van der Waals surface area contributed by atoms with Gasteiger partial charge in [-0.1, -0.05) is 24.3 Å². The van der Waals surface area contributed by atoms with Gasteiger partial charge < -0.3 is 14.8 Å². The van der Waals surface area contributed by atoms with Gasteiger partial charge in [0.25, 0.3) is 0 Å². The molecule has 2 aromatic carbocycles. The Labute approximate surface area is 243 Å². The lowest BCUT2D eigenvalue weighted by atomic mass is 10.1. The molecule has 3 rings (SSSR count). The molecule has 0 unspecified atom stereocenters. The van der Waals surface area contributed by atoms with Crippen LogP contribution in [0.25, 0.3) is 0 Å². The fraction of sp³-hybridized carbons (Fsp3) is 0.414. The SMILES string of the molecule is CCC(C)=N/C(=C\NCCc1ccc(OC)c(Br)c1)CCCc1cn(CCc2ccc(OC)c(Br)c2)nn1. The summed E-state index contributed by atoms with van der Waals surface area (Å²) in [6, 6.07) is 12.3. The van der Waals surface area contributed by atoms with Crippen molar-refractivity contribution in [2.75, 3.05) is 20.8 Å². The molecule has 0 saturated heterocycles. The smallest absolute Gasteiger partial charge is 0.133 e. The number of methoxy groups -OCH3 is 2. The first-order valence-corrected chi connectivity index (χ1v) is 14.5. The van der Waals surface area contributed by atoms with Gasteiger partial charge in [-0.15, -0.1) is 5.10 Å². The summed E-state index contributed by atoms with van der Waals surface area (Å²) in [5.41, 5.74) is 5.68. The molecule has 1 heterocycles. The number of hydrogen-bond donors (Lipinski definition) is 1. The normalized spacial score (nSPS) is 12.1. The summed E-state index contributed by atoms with van der Waals surface area (Å²) in [5, 5.41) is 12.1. The van der Waals surface area contributed by atoms with Crippen LogP contribution in [0.5, 0.6) is 11.5 Å². The van der Waals surface area contributed by atoms with E-state index < -0.39 is 0 Å². The predicted octanol–water partition coefficient (Wildman–Crippen LogP) is 6.93. The average molecular weight is 647 g/mol. The van der Waals surface area contributed by atoms with Crippen LogP contribution in [0.15, 0.2) is 68.4 Å². The van der Waals surface area contributed by atoms with Gasteiger partial charge in [0.1, 0.15) is 11.5 Å². The molecule has 0 bridgehead atoms. The number of aliphatic imine (C=N–C) groups is 1. The zero-order chi connectivity index (χ0) is 27.3. The maximum absolute atomic E-state index is 5.31. The van der Waals surface area contributed by atoms with Crippen molar-refractivity contribution >= 4 is 37.6 Å². The van der Waals surface area contributed by atoms with E-state index in [4.69, 9.17) is 14.5 Å². The molecule has 7 nitrogen and oxygen atoms in total. The first kappa shape index (κ1) is 29.9. The van der Waals surface area contributed by atoms with Gasteiger partial charge >= 0.3 is 0 Å². The minimum absolute atomic E-state index is 0.783. The van der Waals surface area contributed by atoms with Gasteiger partial charge in [0.05, 0.1) is 34.6 Å². The molecule has 0 aliphatic carbocycles. The highest BCUT2D eigenvalue weighted by Gasteiger charge is 2.06. The van der Waals surface area contributed by atoms with Crippen molar-refractivity contribution in [1.29, 1.82) is 0 Å². The number of allylic oxidation sites excluding steroid dienone is 1. The number of rotatable bonds is 15. The minimum Gasteiger partial charge on any atom is -0.496 e. The number of halogens is 2. The van der Waals surface area contributed by atoms with Crippen LogP contribution in [0.3, 0.4) is 0 Å². The molecule has 38 heavy (non-hydrogen) atoms. The standard InChI is InChI=1S/C29H37Br2N5O2/c1-5-21(2)33-24(19-32-15-13-22-9-11-28(37-3)26(30)17-22)7-6-8-25-20-36(35-34-25)16-14-23-10-12-29(38-4)27(31)18-23/h9-12,17-20,32H,5-8,13-16H2,1-4H3/b24-19-,33-21?. The summed E-state index contributed by atoms with van der Waals surface area (Å²) >= 11 is 7.11. The molecule has 0 amide bonds. The highest BCUT2D eigenvalue weighted by molar-refractivity contribution is 9.10.